The van der Waals surface area contributed by atoms with Gasteiger partial charge in [-0.2, -0.15) is 0 Å². The van der Waals surface area contributed by atoms with E-state index in [4.69, 9.17) is 23.7 Å². The van der Waals surface area contributed by atoms with Crippen molar-refractivity contribution < 1.29 is 54.0 Å². The Morgan fingerprint density at radius 1 is 1.12 bits per heavy atom. The fourth-order valence-corrected chi connectivity index (χ4v) is 6.87. The summed E-state index contributed by atoms with van der Waals surface area (Å²) in [5.74, 6) is -2.49. The van der Waals surface area contributed by atoms with Gasteiger partial charge in [-0.25, -0.2) is 4.79 Å². The smallest absolute Gasteiger partial charge is 0.338 e. The third kappa shape index (κ3) is 2.59. The Morgan fingerprint density at radius 3 is 2.56 bits per heavy atom. The summed E-state index contributed by atoms with van der Waals surface area (Å²) in [4.78, 5) is 12.7. The molecule has 186 valence electrons. The molecule has 0 unspecified atom stereocenters. The molecule has 0 spiro atoms. The van der Waals surface area contributed by atoms with E-state index in [1.807, 2.05) is 0 Å². The number of hydrogen-bond donors (Lipinski definition) is 5. The third-order valence-corrected chi connectivity index (χ3v) is 8.57. The van der Waals surface area contributed by atoms with Crippen LogP contribution in [-0.2, 0) is 23.7 Å². The first kappa shape index (κ1) is 22.8. The molecule has 1 aromatic carbocycles. The number of aliphatic hydroxyl groups is 5. The van der Waals surface area contributed by atoms with Crippen LogP contribution in [0.1, 0.15) is 30.1 Å². The second-order valence-corrected chi connectivity index (χ2v) is 10.2. The fraction of sp³-hybridized carbons (Fsp3) is 0.696. The molecule has 3 aliphatic carbocycles. The van der Waals surface area contributed by atoms with Crippen LogP contribution < -0.4 is 0 Å². The molecule has 5 N–H and O–H groups in total. The molecular weight excluding hydrogens is 452 g/mol. The summed E-state index contributed by atoms with van der Waals surface area (Å²) in [6, 6.07) is 8.47. The first-order valence-electron chi connectivity index (χ1n) is 11.4. The Bertz CT molecular complexity index is 988. The molecule has 7 fully saturated rings. The van der Waals surface area contributed by atoms with Crippen LogP contribution >= 0.6 is 0 Å². The van der Waals surface area contributed by atoms with E-state index >= 15 is 0 Å². The number of esters is 1. The number of aliphatic hydroxyl groups excluding tert-OH is 4. The minimum absolute atomic E-state index is 0.0902. The van der Waals surface area contributed by atoms with E-state index < -0.39 is 77.9 Å². The molecule has 11 nitrogen and oxygen atoms in total. The molecule has 0 amide bonds. The first-order valence-corrected chi connectivity index (χ1v) is 11.4. The van der Waals surface area contributed by atoms with Crippen LogP contribution in [0.5, 0.6) is 0 Å². The predicted molar refractivity (Wildman–Crippen MR) is 109 cm³/mol. The minimum atomic E-state index is -1.61. The van der Waals surface area contributed by atoms with Crippen molar-refractivity contribution in [2.75, 3.05) is 13.2 Å². The van der Waals surface area contributed by atoms with Crippen molar-refractivity contribution in [3.8, 4) is 0 Å². The van der Waals surface area contributed by atoms with Gasteiger partial charge in [-0.05, 0) is 25.5 Å². The average Bonchev–Trinajstić information content (AvgIpc) is 3.00. The van der Waals surface area contributed by atoms with Gasteiger partial charge in [-0.15, -0.1) is 0 Å². The molecule has 4 aliphatic heterocycles. The van der Waals surface area contributed by atoms with E-state index in [-0.39, 0.29) is 19.4 Å². The molecule has 11 atom stereocenters. The van der Waals surface area contributed by atoms with Gasteiger partial charge in [0, 0.05) is 12.3 Å². The lowest BCUT2D eigenvalue weighted by Gasteiger charge is -2.67. The molecule has 4 saturated heterocycles. The topological polar surface area (TPSA) is 164 Å². The monoisotopic (exact) mass is 480 g/mol. The molecule has 8 rings (SSSR count). The van der Waals surface area contributed by atoms with Crippen LogP contribution in [-0.4, -0.2) is 98.7 Å². The number of carbonyl (C=O) groups is 1. The Balaban J connectivity index is 1.32. The van der Waals surface area contributed by atoms with Crippen LogP contribution in [0.4, 0.5) is 0 Å². The van der Waals surface area contributed by atoms with Gasteiger partial charge >= 0.3 is 5.97 Å². The average molecular weight is 480 g/mol. The van der Waals surface area contributed by atoms with Gasteiger partial charge in [-0.1, -0.05) is 18.2 Å². The summed E-state index contributed by atoms with van der Waals surface area (Å²) in [5.41, 5.74) is -2.99. The Labute approximate surface area is 194 Å². The van der Waals surface area contributed by atoms with Crippen molar-refractivity contribution in [2.45, 2.75) is 73.8 Å². The van der Waals surface area contributed by atoms with Crippen molar-refractivity contribution in [1.82, 2.24) is 0 Å². The second kappa shape index (κ2) is 7.19. The van der Waals surface area contributed by atoms with Gasteiger partial charge in [0.1, 0.15) is 42.2 Å². The quantitative estimate of drug-likeness (QED) is 0.306. The normalized spacial score (nSPS) is 52.5. The van der Waals surface area contributed by atoms with Crippen LogP contribution in [0.25, 0.3) is 0 Å². The summed E-state index contributed by atoms with van der Waals surface area (Å²) in [7, 11) is 0. The van der Waals surface area contributed by atoms with E-state index in [1.54, 1.807) is 37.3 Å². The molecule has 1 aromatic rings. The van der Waals surface area contributed by atoms with Gasteiger partial charge in [0.25, 0.3) is 0 Å². The summed E-state index contributed by atoms with van der Waals surface area (Å²) < 4.78 is 29.7. The van der Waals surface area contributed by atoms with Crippen LogP contribution in [0.2, 0.25) is 0 Å². The van der Waals surface area contributed by atoms with Crippen molar-refractivity contribution in [1.29, 1.82) is 0 Å². The van der Waals surface area contributed by atoms with E-state index in [1.165, 1.54) is 0 Å². The maximum absolute atomic E-state index is 12.7. The zero-order valence-corrected chi connectivity index (χ0v) is 18.4. The molecule has 34 heavy (non-hydrogen) atoms. The highest BCUT2D eigenvalue weighted by molar-refractivity contribution is 5.89. The summed E-state index contributed by atoms with van der Waals surface area (Å²) in [6.07, 6.45) is -7.87. The molecule has 3 saturated carbocycles. The van der Waals surface area contributed by atoms with Crippen LogP contribution in [0.15, 0.2) is 30.3 Å². The van der Waals surface area contributed by atoms with Crippen molar-refractivity contribution >= 4 is 5.97 Å². The van der Waals surface area contributed by atoms with Gasteiger partial charge in [-0.3, -0.25) is 0 Å². The van der Waals surface area contributed by atoms with Crippen molar-refractivity contribution in [2.24, 2.45) is 11.3 Å². The fourth-order valence-electron chi connectivity index (χ4n) is 6.87. The van der Waals surface area contributed by atoms with Crippen molar-refractivity contribution in [3.63, 3.8) is 0 Å². The van der Waals surface area contributed by atoms with Crippen LogP contribution in [0, 0.1) is 11.3 Å². The second-order valence-electron chi connectivity index (χ2n) is 10.2. The number of rotatable bonds is 6. The lowest BCUT2D eigenvalue weighted by atomic mass is 9.41. The first-order chi connectivity index (χ1) is 16.1. The summed E-state index contributed by atoms with van der Waals surface area (Å²) in [5, 5.41) is 51.7. The lowest BCUT2D eigenvalue weighted by molar-refractivity contribution is -0.424. The zero-order chi connectivity index (χ0) is 24.1. The molecule has 4 heterocycles. The molecule has 11 heteroatoms. The molecule has 6 bridgehead atoms. The molecule has 0 radical (unpaired) electrons. The lowest BCUT2D eigenvalue weighted by Crippen LogP contribution is -2.80. The van der Waals surface area contributed by atoms with Gasteiger partial charge in [0.15, 0.2) is 18.4 Å². The highest BCUT2D eigenvalue weighted by atomic mass is 16.8. The maximum Gasteiger partial charge on any atom is 0.338 e. The molecule has 7 aliphatic rings. The van der Waals surface area contributed by atoms with E-state index in [2.05, 4.69) is 0 Å². The Morgan fingerprint density at radius 2 is 1.85 bits per heavy atom. The highest BCUT2D eigenvalue weighted by Crippen LogP contribution is 2.81. The minimum Gasteiger partial charge on any atom is -0.461 e. The largest absolute Gasteiger partial charge is 0.461 e. The predicted octanol–water partition coefficient (Wildman–Crippen LogP) is -1.36. The Kier molecular flexibility index (Phi) is 4.81. The van der Waals surface area contributed by atoms with Gasteiger partial charge in [0.2, 0.25) is 0 Å². The number of carbonyl (C=O) groups excluding carboxylic acids is 1. The van der Waals surface area contributed by atoms with E-state index in [0.29, 0.717) is 5.56 Å². The highest BCUT2D eigenvalue weighted by Gasteiger charge is 2.94. The van der Waals surface area contributed by atoms with Crippen LogP contribution in [0.3, 0.4) is 0 Å². The summed E-state index contributed by atoms with van der Waals surface area (Å²) in [6.45, 7) is 0.985. The van der Waals surface area contributed by atoms with E-state index in [0.717, 1.165) is 0 Å². The standard InChI is InChI=1S/C23H28O11/c1-20-9-22(29)13-7-23(20,32-18-16(27)15(26)14(25)12(8-24)31-18)21(13,19(33-20)34-22)10-30-17(28)11-5-3-2-4-6-11/h2-6,12-16,18-19,24-27,29H,7-10H2,1H3/t12-,13-,14+,15-,16-,18+,19-,20+,21+,22+,23+/m1/s1. The van der Waals surface area contributed by atoms with Crippen molar-refractivity contribution in [3.05, 3.63) is 35.9 Å². The van der Waals surface area contributed by atoms with Gasteiger partial charge in [0.05, 0.1) is 17.6 Å². The van der Waals surface area contributed by atoms with Gasteiger partial charge < -0.3 is 49.2 Å². The third-order valence-electron chi connectivity index (χ3n) is 8.57. The van der Waals surface area contributed by atoms with E-state index in [9.17, 15) is 30.3 Å². The zero-order valence-electron chi connectivity index (χ0n) is 18.4. The summed E-state index contributed by atoms with van der Waals surface area (Å²) >= 11 is 0. The molecular formula is C23H28O11. The SMILES string of the molecule is C[C@@]12C[C@]3(O)O[C@@H](O1)[C@]1(COC(=O)c4ccccc4)[C@H]3C[C@@]12O[C@@H]1O[C@H](CO)[C@H](O)[C@@H](O)[C@H]1O. The maximum atomic E-state index is 12.7. The number of ether oxygens (including phenoxy) is 5. The Hall–Kier alpha value is -1.67. The number of benzene rings is 1. The number of hydrogen-bond acceptors (Lipinski definition) is 11. The molecule has 0 aromatic heterocycles.